The molecule has 0 amide bonds. The van der Waals surface area contributed by atoms with Gasteiger partial charge in [-0.2, -0.15) is 0 Å². The van der Waals surface area contributed by atoms with Gasteiger partial charge in [-0.3, -0.25) is 0 Å². The third-order valence-corrected chi connectivity index (χ3v) is 3.36. The van der Waals surface area contributed by atoms with Crippen LogP contribution in [0.2, 0.25) is 0 Å². The Kier molecular flexibility index (Phi) is 4.27. The molecule has 1 aromatic rings. The van der Waals surface area contributed by atoms with E-state index in [1.807, 2.05) is 0 Å². The van der Waals surface area contributed by atoms with E-state index in [0.29, 0.717) is 12.2 Å². The van der Waals surface area contributed by atoms with Crippen molar-refractivity contribution in [2.75, 3.05) is 7.11 Å². The summed E-state index contributed by atoms with van der Waals surface area (Å²) in [6.45, 7) is 0. The van der Waals surface area contributed by atoms with E-state index in [1.54, 1.807) is 12.1 Å². The Labute approximate surface area is 111 Å². The van der Waals surface area contributed by atoms with Crippen molar-refractivity contribution < 1.29 is 24.5 Å². The van der Waals surface area contributed by atoms with Crippen molar-refractivity contribution >= 4 is 5.97 Å². The van der Waals surface area contributed by atoms with E-state index in [0.717, 1.165) is 19.3 Å². The van der Waals surface area contributed by atoms with Crippen molar-refractivity contribution in [1.29, 1.82) is 0 Å². The molecule has 1 aliphatic rings. The summed E-state index contributed by atoms with van der Waals surface area (Å²) in [5.74, 6) is -0.326. The second kappa shape index (κ2) is 5.93. The third kappa shape index (κ3) is 3.17. The molecule has 2 N–H and O–H groups in total. The van der Waals surface area contributed by atoms with E-state index in [9.17, 15) is 15.0 Å². The van der Waals surface area contributed by atoms with Crippen LogP contribution in [0.25, 0.3) is 0 Å². The largest absolute Gasteiger partial charge is 0.497 e. The van der Waals surface area contributed by atoms with Crippen LogP contribution in [0, 0.1) is 0 Å². The summed E-state index contributed by atoms with van der Waals surface area (Å²) < 4.78 is 10.7. The SMILES string of the molecule is COc1ccc(OC2CCCCC2O)c(C(=O)O)c1. The van der Waals surface area contributed by atoms with Gasteiger partial charge in [0.2, 0.25) is 0 Å². The van der Waals surface area contributed by atoms with E-state index in [1.165, 1.54) is 13.2 Å². The van der Waals surface area contributed by atoms with Crippen LogP contribution in [0.15, 0.2) is 18.2 Å². The van der Waals surface area contributed by atoms with Gasteiger partial charge in [0.1, 0.15) is 23.2 Å². The van der Waals surface area contributed by atoms with Crippen molar-refractivity contribution in [2.24, 2.45) is 0 Å². The molecule has 0 saturated heterocycles. The molecule has 0 heterocycles. The molecular formula is C14H18O5. The number of rotatable bonds is 4. The first-order valence-corrected chi connectivity index (χ1v) is 6.38. The van der Waals surface area contributed by atoms with Gasteiger partial charge in [0.15, 0.2) is 0 Å². The Morgan fingerprint density at radius 2 is 2.05 bits per heavy atom. The molecule has 19 heavy (non-hydrogen) atoms. The number of ether oxygens (including phenoxy) is 2. The number of carboxylic acid groups (broad SMARTS) is 1. The molecule has 1 fully saturated rings. The topological polar surface area (TPSA) is 76.0 Å². The van der Waals surface area contributed by atoms with Crippen LogP contribution in [0.4, 0.5) is 0 Å². The minimum absolute atomic E-state index is 0.0529. The van der Waals surface area contributed by atoms with Crippen molar-refractivity contribution in [2.45, 2.75) is 37.9 Å². The quantitative estimate of drug-likeness (QED) is 0.872. The lowest BCUT2D eigenvalue weighted by Gasteiger charge is -2.28. The maximum atomic E-state index is 11.2. The van der Waals surface area contributed by atoms with Crippen molar-refractivity contribution in [3.63, 3.8) is 0 Å². The zero-order valence-corrected chi connectivity index (χ0v) is 10.8. The number of carboxylic acids is 1. The highest BCUT2D eigenvalue weighted by molar-refractivity contribution is 5.91. The molecule has 0 bridgehead atoms. The molecule has 0 aliphatic heterocycles. The first-order chi connectivity index (χ1) is 9.11. The first-order valence-electron chi connectivity index (χ1n) is 6.38. The van der Waals surface area contributed by atoms with E-state index in [2.05, 4.69) is 0 Å². The second-order valence-corrected chi connectivity index (χ2v) is 4.68. The van der Waals surface area contributed by atoms with Crippen LogP contribution < -0.4 is 9.47 Å². The molecule has 1 aromatic carbocycles. The highest BCUT2D eigenvalue weighted by Crippen LogP contribution is 2.29. The average molecular weight is 266 g/mol. The fourth-order valence-electron chi connectivity index (χ4n) is 2.28. The summed E-state index contributed by atoms with van der Waals surface area (Å²) >= 11 is 0. The smallest absolute Gasteiger partial charge is 0.339 e. The summed E-state index contributed by atoms with van der Waals surface area (Å²) in [6, 6.07) is 4.65. The fraction of sp³-hybridized carbons (Fsp3) is 0.500. The Morgan fingerprint density at radius 3 is 2.68 bits per heavy atom. The highest BCUT2D eigenvalue weighted by atomic mass is 16.5. The molecule has 2 atom stereocenters. The van der Waals surface area contributed by atoms with Gasteiger partial charge in [0.05, 0.1) is 13.2 Å². The van der Waals surface area contributed by atoms with Crippen LogP contribution in [0.1, 0.15) is 36.0 Å². The molecular weight excluding hydrogens is 248 g/mol. The summed E-state index contributed by atoms with van der Waals surface area (Å²) in [4.78, 5) is 11.2. The Hall–Kier alpha value is -1.75. The number of aliphatic hydroxyl groups excluding tert-OH is 1. The van der Waals surface area contributed by atoms with E-state index in [-0.39, 0.29) is 17.4 Å². The number of hydrogen-bond acceptors (Lipinski definition) is 4. The zero-order chi connectivity index (χ0) is 13.8. The lowest BCUT2D eigenvalue weighted by atomic mass is 9.95. The van der Waals surface area contributed by atoms with Crippen LogP contribution in [-0.2, 0) is 0 Å². The number of aromatic carboxylic acids is 1. The summed E-state index contributed by atoms with van der Waals surface area (Å²) in [5, 5.41) is 19.0. The molecule has 0 aromatic heterocycles. The predicted octanol–water partition coefficient (Wildman–Crippen LogP) is 2.08. The summed E-state index contributed by atoms with van der Waals surface area (Å²) in [5.41, 5.74) is 0.0529. The lowest BCUT2D eigenvalue weighted by molar-refractivity contribution is 0.00603. The van der Waals surface area contributed by atoms with Gasteiger partial charge in [0, 0.05) is 0 Å². The van der Waals surface area contributed by atoms with Gasteiger partial charge in [-0.1, -0.05) is 6.42 Å². The molecule has 0 spiro atoms. The monoisotopic (exact) mass is 266 g/mol. The maximum Gasteiger partial charge on any atom is 0.339 e. The van der Waals surface area contributed by atoms with Gasteiger partial charge in [0.25, 0.3) is 0 Å². The number of methoxy groups -OCH3 is 1. The van der Waals surface area contributed by atoms with Crippen LogP contribution >= 0.6 is 0 Å². The fourth-order valence-corrected chi connectivity index (χ4v) is 2.28. The van der Waals surface area contributed by atoms with E-state index in [4.69, 9.17) is 9.47 Å². The minimum Gasteiger partial charge on any atom is -0.497 e. The van der Waals surface area contributed by atoms with Gasteiger partial charge < -0.3 is 19.7 Å². The third-order valence-electron chi connectivity index (χ3n) is 3.36. The van der Waals surface area contributed by atoms with Crippen molar-refractivity contribution in [3.8, 4) is 11.5 Å². The maximum absolute atomic E-state index is 11.2. The average Bonchev–Trinajstić information content (AvgIpc) is 2.41. The zero-order valence-electron chi connectivity index (χ0n) is 10.8. The van der Waals surface area contributed by atoms with Crippen molar-refractivity contribution in [3.05, 3.63) is 23.8 Å². The molecule has 1 aliphatic carbocycles. The van der Waals surface area contributed by atoms with Gasteiger partial charge in [-0.25, -0.2) is 4.79 Å². The Morgan fingerprint density at radius 1 is 1.32 bits per heavy atom. The number of benzene rings is 1. The Balaban J connectivity index is 2.21. The number of aliphatic hydroxyl groups is 1. The van der Waals surface area contributed by atoms with Crippen LogP contribution in [-0.4, -0.2) is 35.5 Å². The molecule has 1 saturated carbocycles. The molecule has 104 valence electrons. The number of carbonyl (C=O) groups is 1. The minimum atomic E-state index is -1.07. The van der Waals surface area contributed by atoms with E-state index >= 15 is 0 Å². The molecule has 2 rings (SSSR count). The molecule has 5 nitrogen and oxygen atoms in total. The van der Waals surface area contributed by atoms with Gasteiger partial charge in [-0.15, -0.1) is 0 Å². The first kappa shape index (κ1) is 13.7. The van der Waals surface area contributed by atoms with Crippen LogP contribution in [0.5, 0.6) is 11.5 Å². The standard InChI is InChI=1S/C14H18O5/c1-18-9-6-7-12(10(8-9)14(16)17)19-13-5-3-2-4-11(13)15/h6-8,11,13,15H,2-5H2,1H3,(H,16,17). The normalized spacial score (nSPS) is 22.8. The van der Waals surface area contributed by atoms with Crippen LogP contribution in [0.3, 0.4) is 0 Å². The summed E-state index contributed by atoms with van der Waals surface area (Å²) in [7, 11) is 1.48. The molecule has 2 unspecified atom stereocenters. The summed E-state index contributed by atoms with van der Waals surface area (Å²) in [6.07, 6.45) is 2.54. The van der Waals surface area contributed by atoms with Gasteiger partial charge in [-0.05, 0) is 37.5 Å². The molecule has 5 heteroatoms. The molecule has 0 radical (unpaired) electrons. The predicted molar refractivity (Wildman–Crippen MR) is 68.8 cm³/mol. The highest BCUT2D eigenvalue weighted by Gasteiger charge is 2.26. The van der Waals surface area contributed by atoms with E-state index < -0.39 is 12.1 Å². The Bertz CT molecular complexity index is 457. The number of hydrogen-bond donors (Lipinski definition) is 2. The van der Waals surface area contributed by atoms with Crippen molar-refractivity contribution in [1.82, 2.24) is 0 Å². The van der Waals surface area contributed by atoms with Gasteiger partial charge >= 0.3 is 5.97 Å². The lowest BCUT2D eigenvalue weighted by Crippen LogP contribution is -2.35. The second-order valence-electron chi connectivity index (χ2n) is 4.68.